The van der Waals surface area contributed by atoms with Gasteiger partial charge in [0.2, 0.25) is 5.91 Å². The van der Waals surface area contributed by atoms with Crippen molar-refractivity contribution in [3.63, 3.8) is 0 Å². The Morgan fingerprint density at radius 2 is 1.88 bits per heavy atom. The van der Waals surface area contributed by atoms with Gasteiger partial charge in [-0.15, -0.1) is 0 Å². The molecule has 210 valence electrons. The van der Waals surface area contributed by atoms with Gasteiger partial charge in [0, 0.05) is 28.9 Å². The third-order valence-corrected chi connectivity index (χ3v) is 7.12. The molecule has 1 fully saturated rings. The van der Waals surface area contributed by atoms with E-state index >= 15 is 0 Å². The minimum atomic E-state index is -1.01. The number of rotatable bonds is 7. The van der Waals surface area contributed by atoms with Gasteiger partial charge in [-0.1, -0.05) is 39.0 Å². The number of carbonyl (C=O) groups excluding carboxylic acids is 1. The molecule has 2 aromatic carbocycles. The smallest absolute Gasteiger partial charge is 0.335 e. The molecule has 5 rings (SSSR count). The topological polar surface area (TPSA) is 117 Å². The summed E-state index contributed by atoms with van der Waals surface area (Å²) in [6.07, 6.45) is 1.72. The van der Waals surface area contributed by atoms with E-state index in [4.69, 9.17) is 21.4 Å². The Morgan fingerprint density at radius 3 is 2.56 bits per heavy atom. The Morgan fingerprint density at radius 1 is 1.07 bits per heavy atom. The number of carbonyl (C=O) groups is 2. The predicted octanol–water partition coefficient (Wildman–Crippen LogP) is 6.21. The number of carboxylic acids is 1. The number of aromatic carboxylic acids is 1. The van der Waals surface area contributed by atoms with E-state index in [1.807, 2.05) is 68.1 Å². The number of carboxylic acid groups (broad SMARTS) is 1. The Labute approximate surface area is 243 Å². The normalized spacial score (nSPS) is 16.8. The van der Waals surface area contributed by atoms with E-state index in [0.717, 1.165) is 11.4 Å². The number of anilines is 2. The van der Waals surface area contributed by atoms with Crippen LogP contribution in [0.4, 0.5) is 11.4 Å². The van der Waals surface area contributed by atoms with Gasteiger partial charge in [0.1, 0.15) is 23.3 Å². The summed E-state index contributed by atoms with van der Waals surface area (Å²) in [6.45, 7) is 5.53. The summed E-state index contributed by atoms with van der Waals surface area (Å²) in [4.78, 5) is 30.7. The monoisotopic (exact) mass is 570 g/mol. The lowest BCUT2D eigenvalue weighted by Crippen LogP contribution is -2.30. The van der Waals surface area contributed by atoms with Crippen molar-refractivity contribution in [2.45, 2.75) is 32.9 Å². The highest BCUT2D eigenvalue weighted by molar-refractivity contribution is 7.80. The molecule has 0 aliphatic carbocycles. The van der Waals surface area contributed by atoms with Crippen LogP contribution in [-0.2, 0) is 4.79 Å². The van der Waals surface area contributed by atoms with Crippen molar-refractivity contribution in [1.82, 2.24) is 10.3 Å². The van der Waals surface area contributed by atoms with Crippen LogP contribution in [0.2, 0.25) is 0 Å². The number of ether oxygens (including phenoxy) is 1. The van der Waals surface area contributed by atoms with Crippen LogP contribution >= 0.6 is 12.2 Å². The van der Waals surface area contributed by atoms with E-state index in [1.165, 1.54) is 6.07 Å². The molecule has 41 heavy (non-hydrogen) atoms. The Kier molecular flexibility index (Phi) is 7.51. The fourth-order valence-electron chi connectivity index (χ4n) is 4.64. The first-order valence-electron chi connectivity index (χ1n) is 13.0. The van der Waals surface area contributed by atoms with Gasteiger partial charge in [0.05, 0.1) is 30.1 Å². The number of benzene rings is 2. The maximum atomic E-state index is 12.7. The lowest BCUT2D eigenvalue weighted by Gasteiger charge is -2.27. The van der Waals surface area contributed by atoms with E-state index in [1.54, 1.807) is 37.6 Å². The van der Waals surface area contributed by atoms with Crippen LogP contribution in [0.25, 0.3) is 11.3 Å². The first kappa shape index (κ1) is 27.9. The first-order valence-corrected chi connectivity index (χ1v) is 13.4. The molecule has 4 aromatic rings. The summed E-state index contributed by atoms with van der Waals surface area (Å²) < 4.78 is 12.0. The predicted molar refractivity (Wildman–Crippen MR) is 160 cm³/mol. The molecular formula is C31H30N4O5S. The van der Waals surface area contributed by atoms with Gasteiger partial charge < -0.3 is 29.8 Å². The van der Waals surface area contributed by atoms with Crippen LogP contribution < -0.4 is 20.3 Å². The second-order valence-electron chi connectivity index (χ2n) is 10.7. The summed E-state index contributed by atoms with van der Waals surface area (Å²) in [5.41, 5.74) is 2.28. The third kappa shape index (κ3) is 5.64. The zero-order chi connectivity index (χ0) is 29.3. The van der Waals surface area contributed by atoms with E-state index < -0.39 is 17.4 Å². The van der Waals surface area contributed by atoms with Crippen LogP contribution in [0.15, 0.2) is 83.4 Å². The lowest BCUT2D eigenvalue weighted by molar-refractivity contribution is -0.123. The molecule has 0 radical (unpaired) electrons. The number of nitrogens with zero attached hydrogens (tertiary/aromatic N) is 2. The minimum absolute atomic E-state index is 0.134. The number of nitrogens with one attached hydrogen (secondary N) is 2. The molecule has 1 saturated heterocycles. The molecule has 9 nitrogen and oxygen atoms in total. The molecule has 2 atom stereocenters. The molecule has 1 aliphatic rings. The number of amides is 1. The molecule has 10 heteroatoms. The largest absolute Gasteiger partial charge is 0.494 e. The summed E-state index contributed by atoms with van der Waals surface area (Å²) >= 11 is 5.82. The number of furan rings is 1. The number of hydrogen-bond donors (Lipinski definition) is 3. The van der Waals surface area contributed by atoms with Crippen LogP contribution in [-0.4, -0.2) is 34.2 Å². The summed E-state index contributed by atoms with van der Waals surface area (Å²) in [6, 6.07) is 20.6. The van der Waals surface area contributed by atoms with Crippen LogP contribution in [0.5, 0.6) is 5.75 Å². The molecule has 3 N–H and O–H groups in total. The quantitative estimate of drug-likeness (QED) is 0.223. The zero-order valence-electron chi connectivity index (χ0n) is 23.0. The van der Waals surface area contributed by atoms with Crippen molar-refractivity contribution in [2.75, 3.05) is 17.3 Å². The average molecular weight is 571 g/mol. The molecule has 3 heterocycles. The number of aromatic nitrogens is 1. The van der Waals surface area contributed by atoms with Gasteiger partial charge in [-0.2, -0.15) is 0 Å². The minimum Gasteiger partial charge on any atom is -0.494 e. The summed E-state index contributed by atoms with van der Waals surface area (Å²) in [5, 5.41) is 16.2. The van der Waals surface area contributed by atoms with Gasteiger partial charge in [-0.3, -0.25) is 9.78 Å². The molecule has 0 bridgehead atoms. The van der Waals surface area contributed by atoms with E-state index in [9.17, 15) is 14.7 Å². The molecule has 0 spiro atoms. The van der Waals surface area contributed by atoms with E-state index in [2.05, 4.69) is 15.6 Å². The second kappa shape index (κ2) is 11.1. The van der Waals surface area contributed by atoms with Gasteiger partial charge >= 0.3 is 5.97 Å². The van der Waals surface area contributed by atoms with Crippen molar-refractivity contribution < 1.29 is 23.8 Å². The van der Waals surface area contributed by atoms with Crippen molar-refractivity contribution in [1.29, 1.82) is 0 Å². The van der Waals surface area contributed by atoms with Crippen molar-refractivity contribution in [2.24, 2.45) is 5.41 Å². The summed E-state index contributed by atoms with van der Waals surface area (Å²) in [7, 11) is 1.55. The molecule has 0 saturated carbocycles. The molecule has 1 amide bonds. The highest BCUT2D eigenvalue weighted by Gasteiger charge is 2.43. The number of methoxy groups -OCH3 is 1. The Balaban J connectivity index is 1.56. The molecular weight excluding hydrogens is 540 g/mol. The van der Waals surface area contributed by atoms with Crippen molar-refractivity contribution in [3.05, 3.63) is 96.0 Å². The highest BCUT2D eigenvalue weighted by Crippen LogP contribution is 2.44. The zero-order valence-corrected chi connectivity index (χ0v) is 23.9. The fourth-order valence-corrected chi connectivity index (χ4v) is 4.98. The second-order valence-corrected chi connectivity index (χ2v) is 11.1. The maximum absolute atomic E-state index is 12.7. The van der Waals surface area contributed by atoms with E-state index in [0.29, 0.717) is 33.6 Å². The first-order chi connectivity index (χ1) is 19.6. The van der Waals surface area contributed by atoms with E-state index in [-0.39, 0.29) is 17.5 Å². The van der Waals surface area contributed by atoms with Gasteiger partial charge in [0.25, 0.3) is 0 Å². The number of pyridine rings is 1. The van der Waals surface area contributed by atoms with Crippen LogP contribution in [0.3, 0.4) is 0 Å². The van der Waals surface area contributed by atoms with Crippen LogP contribution in [0, 0.1) is 5.41 Å². The van der Waals surface area contributed by atoms with Crippen molar-refractivity contribution in [3.8, 4) is 17.1 Å². The lowest BCUT2D eigenvalue weighted by atomic mass is 9.95. The maximum Gasteiger partial charge on any atom is 0.335 e. The molecule has 1 aliphatic heterocycles. The Bertz CT molecular complexity index is 1610. The van der Waals surface area contributed by atoms with Gasteiger partial charge in [-0.05, 0) is 60.7 Å². The average Bonchev–Trinajstić information content (AvgIpc) is 3.58. The highest BCUT2D eigenvalue weighted by atomic mass is 32.1. The molecule has 0 unspecified atom stereocenters. The Hall–Kier alpha value is -4.70. The number of hydrogen-bond acceptors (Lipinski definition) is 6. The van der Waals surface area contributed by atoms with Gasteiger partial charge in [-0.25, -0.2) is 4.79 Å². The number of thiocarbonyl (C=S) groups is 1. The SMILES string of the molecule is COc1cc(N2C(=S)N[C@@H](c3ccccn3)[C@@H]2c2ccc(-c3cccc(C(=O)O)c3)o2)ccc1NC(=O)C(C)(C)C. The standard InChI is InChI=1S/C31H30N4O5S/c1-31(2,3)29(38)33-21-12-11-20(17-25(21)39-4)35-27(26(34-30(35)41)22-10-5-6-15-32-22)24-14-13-23(40-24)18-8-7-9-19(16-18)28(36)37/h5-17,26-27H,1-4H3,(H,33,38)(H,34,41)(H,36,37)/t26-,27-/m0/s1. The van der Waals surface area contributed by atoms with Gasteiger partial charge in [0.15, 0.2) is 5.11 Å². The molecule has 2 aromatic heterocycles. The third-order valence-electron chi connectivity index (χ3n) is 6.80. The van der Waals surface area contributed by atoms with Crippen LogP contribution in [0.1, 0.15) is 54.7 Å². The fraction of sp³-hybridized carbons (Fsp3) is 0.226. The summed E-state index contributed by atoms with van der Waals surface area (Å²) in [5.74, 6) is 0.464. The van der Waals surface area contributed by atoms with Crippen molar-refractivity contribution >= 4 is 40.6 Å².